The number of halogens is 3. The van der Waals surface area contributed by atoms with E-state index < -0.39 is 11.7 Å². The standard InChI is InChI=1S/C27H29F3N8/c1-16-9-23(33-24-10-17(2)35-36-24)34-26(32-16)19-5-8-25(31-12-19)37-14-21-11-22(15-37)38(21)13-18-3-6-20(7-4-18)27(28,29)30/h3-10,12,21-23H,11,13-15H2,1-2H3,(H,32,34)(H2,33,35,36). The number of pyridine rings is 1. The first-order chi connectivity index (χ1) is 18.2. The van der Waals surface area contributed by atoms with Crippen LogP contribution in [-0.2, 0) is 12.7 Å². The molecule has 3 N–H and O–H groups in total. The highest BCUT2D eigenvalue weighted by Crippen LogP contribution is 2.36. The predicted octanol–water partition coefficient (Wildman–Crippen LogP) is 4.29. The molecule has 0 spiro atoms. The lowest BCUT2D eigenvalue weighted by molar-refractivity contribution is -0.137. The average molecular weight is 523 g/mol. The molecule has 11 heteroatoms. The first kappa shape index (κ1) is 24.5. The summed E-state index contributed by atoms with van der Waals surface area (Å²) in [7, 11) is 0. The van der Waals surface area contributed by atoms with Gasteiger partial charge in [0.25, 0.3) is 0 Å². The molecule has 8 nitrogen and oxygen atoms in total. The molecule has 2 bridgehead atoms. The fourth-order valence-electron chi connectivity index (χ4n) is 5.41. The van der Waals surface area contributed by atoms with Gasteiger partial charge in [-0.1, -0.05) is 12.1 Å². The normalized spacial score (nSPS) is 23.3. The number of amidine groups is 1. The van der Waals surface area contributed by atoms with Gasteiger partial charge in [-0.05, 0) is 56.2 Å². The zero-order chi connectivity index (χ0) is 26.4. The molecule has 6 heterocycles. The minimum atomic E-state index is -4.30. The van der Waals surface area contributed by atoms with Crippen LogP contribution in [-0.4, -0.2) is 57.3 Å². The summed E-state index contributed by atoms with van der Waals surface area (Å²) in [6.07, 6.45) is 0.504. The van der Waals surface area contributed by atoms with Gasteiger partial charge >= 0.3 is 6.18 Å². The van der Waals surface area contributed by atoms with Crippen LogP contribution in [0.3, 0.4) is 0 Å². The summed E-state index contributed by atoms with van der Waals surface area (Å²) < 4.78 is 38.6. The van der Waals surface area contributed by atoms with Crippen LogP contribution in [0.1, 0.15) is 35.7 Å². The van der Waals surface area contributed by atoms with E-state index in [0.717, 1.165) is 59.5 Å². The average Bonchev–Trinajstić information content (AvgIpc) is 3.31. The van der Waals surface area contributed by atoms with Crippen LogP contribution in [0.4, 0.5) is 24.8 Å². The summed E-state index contributed by atoms with van der Waals surface area (Å²) in [6, 6.07) is 12.2. The number of hydrogen-bond donors (Lipinski definition) is 3. The van der Waals surface area contributed by atoms with E-state index in [-0.39, 0.29) is 6.17 Å². The molecule has 0 saturated carbocycles. The maximum absolute atomic E-state index is 12.9. The monoisotopic (exact) mass is 522 g/mol. The number of allylic oxidation sites excluding steroid dienone is 1. The molecule has 3 fully saturated rings. The lowest BCUT2D eigenvalue weighted by Crippen LogP contribution is -2.68. The van der Waals surface area contributed by atoms with E-state index in [1.165, 1.54) is 12.1 Å². The minimum Gasteiger partial charge on any atom is -0.353 e. The summed E-state index contributed by atoms with van der Waals surface area (Å²) in [5.41, 5.74) is 3.08. The second kappa shape index (κ2) is 9.46. The van der Waals surface area contributed by atoms with Crippen molar-refractivity contribution in [3.63, 3.8) is 0 Å². The zero-order valence-electron chi connectivity index (χ0n) is 21.1. The minimum absolute atomic E-state index is 0.144. The maximum Gasteiger partial charge on any atom is 0.416 e. The number of aromatic nitrogens is 3. The third-order valence-electron chi connectivity index (χ3n) is 7.33. The number of H-pyrrole nitrogens is 1. The predicted molar refractivity (Wildman–Crippen MR) is 140 cm³/mol. The van der Waals surface area contributed by atoms with Gasteiger partial charge in [0.05, 0.1) is 5.56 Å². The quantitative estimate of drug-likeness (QED) is 0.448. The molecule has 3 atom stereocenters. The first-order valence-electron chi connectivity index (χ1n) is 12.7. The van der Waals surface area contributed by atoms with E-state index in [9.17, 15) is 13.2 Å². The Balaban J connectivity index is 1.06. The third kappa shape index (κ3) is 4.98. The number of piperazine rings is 1. The number of anilines is 2. The molecule has 2 aromatic heterocycles. The van der Waals surface area contributed by atoms with Gasteiger partial charge in [-0.3, -0.25) is 10.00 Å². The summed E-state index contributed by atoms with van der Waals surface area (Å²) in [4.78, 5) is 14.1. The summed E-state index contributed by atoms with van der Waals surface area (Å²) >= 11 is 0. The number of aryl methyl sites for hydroxylation is 1. The number of fused-ring (bicyclic) bond motifs is 2. The summed E-state index contributed by atoms with van der Waals surface area (Å²) in [6.45, 7) is 6.28. The summed E-state index contributed by atoms with van der Waals surface area (Å²) in [5, 5.41) is 13.9. The first-order valence-corrected chi connectivity index (χ1v) is 12.7. The van der Waals surface area contributed by atoms with Gasteiger partial charge in [-0.2, -0.15) is 18.3 Å². The van der Waals surface area contributed by atoms with Crippen molar-refractivity contribution in [1.29, 1.82) is 0 Å². The number of benzene rings is 1. The second-order valence-corrected chi connectivity index (χ2v) is 10.2. The number of alkyl halides is 3. The number of nitrogens with zero attached hydrogens (tertiary/aromatic N) is 5. The Morgan fingerprint density at radius 3 is 2.45 bits per heavy atom. The van der Waals surface area contributed by atoms with E-state index in [4.69, 9.17) is 4.98 Å². The SMILES string of the molecule is CC1=CC(Nc2cc(C)[nH]n2)NC(c2ccc(N3CC4CC(C3)N4Cc3ccc(C(F)(F)F)cc3)nc2)=N1. The van der Waals surface area contributed by atoms with Crippen LogP contribution in [0, 0.1) is 6.92 Å². The molecule has 1 aromatic carbocycles. The van der Waals surface area contributed by atoms with Crippen LogP contribution in [0.15, 0.2) is 65.4 Å². The lowest BCUT2D eigenvalue weighted by Gasteiger charge is -2.56. The number of nitrogens with one attached hydrogen (secondary N) is 3. The van der Waals surface area contributed by atoms with Crippen LogP contribution >= 0.6 is 0 Å². The molecule has 0 amide bonds. The van der Waals surface area contributed by atoms with Gasteiger partial charge in [0, 0.05) is 60.9 Å². The molecule has 4 aliphatic rings. The van der Waals surface area contributed by atoms with Gasteiger partial charge in [0.1, 0.15) is 23.6 Å². The zero-order valence-corrected chi connectivity index (χ0v) is 21.1. The van der Waals surface area contributed by atoms with Crippen LogP contribution in [0.25, 0.3) is 0 Å². The number of aromatic amines is 1. The highest BCUT2D eigenvalue weighted by molar-refractivity contribution is 6.00. The van der Waals surface area contributed by atoms with Gasteiger partial charge in [0.2, 0.25) is 0 Å². The Bertz CT molecular complexity index is 1350. The van der Waals surface area contributed by atoms with Gasteiger partial charge in [0.15, 0.2) is 0 Å². The van der Waals surface area contributed by atoms with E-state index in [0.29, 0.717) is 18.6 Å². The molecule has 7 rings (SSSR count). The van der Waals surface area contributed by atoms with Crippen LogP contribution < -0.4 is 15.5 Å². The molecule has 3 aromatic rings. The Hall–Kier alpha value is -3.86. The molecule has 198 valence electrons. The largest absolute Gasteiger partial charge is 0.416 e. The van der Waals surface area contributed by atoms with Crippen molar-refractivity contribution in [2.24, 2.45) is 4.99 Å². The lowest BCUT2D eigenvalue weighted by atomic mass is 9.86. The Morgan fingerprint density at radius 1 is 1.05 bits per heavy atom. The Morgan fingerprint density at radius 2 is 1.82 bits per heavy atom. The van der Waals surface area contributed by atoms with Crippen molar-refractivity contribution < 1.29 is 13.2 Å². The van der Waals surface area contributed by atoms with Crippen molar-refractivity contribution in [2.75, 3.05) is 23.3 Å². The van der Waals surface area contributed by atoms with Crippen LogP contribution in [0.2, 0.25) is 0 Å². The summed E-state index contributed by atoms with van der Waals surface area (Å²) in [5.74, 6) is 2.43. The third-order valence-corrected chi connectivity index (χ3v) is 7.33. The highest BCUT2D eigenvalue weighted by Gasteiger charge is 2.44. The molecule has 38 heavy (non-hydrogen) atoms. The van der Waals surface area contributed by atoms with Gasteiger partial charge in [-0.25, -0.2) is 9.98 Å². The van der Waals surface area contributed by atoms with Crippen molar-refractivity contribution in [3.05, 3.63) is 82.8 Å². The van der Waals surface area contributed by atoms with Crippen LogP contribution in [0.5, 0.6) is 0 Å². The molecular formula is C27H29F3N8. The number of hydrogen-bond acceptors (Lipinski definition) is 7. The van der Waals surface area contributed by atoms with Gasteiger partial charge in [-0.15, -0.1) is 0 Å². The number of rotatable bonds is 6. The van der Waals surface area contributed by atoms with E-state index in [1.54, 1.807) is 12.1 Å². The van der Waals surface area contributed by atoms with Crippen molar-refractivity contribution >= 4 is 17.5 Å². The fourth-order valence-corrected chi connectivity index (χ4v) is 5.41. The highest BCUT2D eigenvalue weighted by atomic mass is 19.4. The molecule has 0 aliphatic carbocycles. The Kier molecular flexibility index (Phi) is 6.10. The fraction of sp³-hybridized carbons (Fsp3) is 0.370. The number of piperidine rings is 1. The smallest absolute Gasteiger partial charge is 0.353 e. The van der Waals surface area contributed by atoms with E-state index in [1.807, 2.05) is 44.3 Å². The topological polar surface area (TPSA) is 84.5 Å². The van der Waals surface area contributed by atoms with Crippen molar-refractivity contribution in [2.45, 2.75) is 51.2 Å². The molecule has 3 saturated heterocycles. The maximum atomic E-state index is 12.9. The molecule has 0 radical (unpaired) electrons. The van der Waals surface area contributed by atoms with E-state index in [2.05, 4.69) is 35.6 Å². The molecule has 4 aliphatic heterocycles. The number of aliphatic imine (C=N–C) groups is 1. The van der Waals surface area contributed by atoms with Gasteiger partial charge < -0.3 is 15.5 Å². The van der Waals surface area contributed by atoms with Crippen molar-refractivity contribution in [1.82, 2.24) is 25.4 Å². The molecule has 3 unspecified atom stereocenters. The van der Waals surface area contributed by atoms with E-state index >= 15 is 0 Å². The molecular weight excluding hydrogens is 493 g/mol. The van der Waals surface area contributed by atoms with Crippen molar-refractivity contribution in [3.8, 4) is 0 Å². The second-order valence-electron chi connectivity index (χ2n) is 10.2. The Labute approximate surface area is 218 Å².